The second-order valence-electron chi connectivity index (χ2n) is 6.98. The lowest BCUT2D eigenvalue weighted by Crippen LogP contribution is -2.19. The van der Waals surface area contributed by atoms with Crippen LogP contribution in [0.2, 0.25) is 0 Å². The second kappa shape index (κ2) is 9.51. The number of carboxylic acids is 1. The summed E-state index contributed by atoms with van der Waals surface area (Å²) in [7, 11) is 0.140. The van der Waals surface area contributed by atoms with Gasteiger partial charge in [-0.1, -0.05) is 48.5 Å². The SMILES string of the molecule is COc1ccc(-c2cc(C3=CC=CS3=O)nc(OC(C(=O)O)c3ccccc3)c2C#N)cc1. The third kappa shape index (κ3) is 4.54. The van der Waals surface area contributed by atoms with Crippen molar-refractivity contribution in [2.24, 2.45) is 0 Å². The van der Waals surface area contributed by atoms with Crippen LogP contribution in [0.25, 0.3) is 16.0 Å². The molecule has 2 unspecified atom stereocenters. The van der Waals surface area contributed by atoms with E-state index >= 15 is 0 Å². The van der Waals surface area contributed by atoms with Crippen molar-refractivity contribution >= 4 is 21.7 Å². The number of rotatable bonds is 7. The second-order valence-corrected chi connectivity index (χ2v) is 8.29. The molecule has 3 aromatic rings. The van der Waals surface area contributed by atoms with Gasteiger partial charge in [-0.2, -0.15) is 5.26 Å². The number of pyridine rings is 1. The number of methoxy groups -OCH3 is 1. The molecule has 1 N–H and O–H groups in total. The van der Waals surface area contributed by atoms with Gasteiger partial charge in [0.05, 0.1) is 28.5 Å². The Morgan fingerprint density at radius 2 is 1.88 bits per heavy atom. The van der Waals surface area contributed by atoms with E-state index in [1.54, 1.807) is 79.9 Å². The molecule has 33 heavy (non-hydrogen) atoms. The number of nitriles is 1. The Morgan fingerprint density at radius 1 is 1.15 bits per heavy atom. The highest BCUT2D eigenvalue weighted by Crippen LogP contribution is 2.36. The molecule has 4 rings (SSSR count). The first-order valence-electron chi connectivity index (χ1n) is 9.85. The summed E-state index contributed by atoms with van der Waals surface area (Å²) in [5, 5.41) is 21.3. The summed E-state index contributed by atoms with van der Waals surface area (Å²) in [4.78, 5) is 16.8. The summed E-state index contributed by atoms with van der Waals surface area (Å²) in [5.74, 6) is -0.739. The summed E-state index contributed by atoms with van der Waals surface area (Å²) in [6.07, 6.45) is 1.94. The standard InChI is InChI=1S/C25H18N2O5S/c1-31-18-11-9-16(10-12-18)19-14-21(22-8-5-13-33(22)30)27-24(20(19)15-26)32-23(25(28)29)17-6-3-2-4-7-17/h2-14,23H,1H3,(H,28,29). The molecule has 0 saturated heterocycles. The molecule has 0 aliphatic carbocycles. The molecule has 2 aromatic carbocycles. The number of carbonyl (C=O) groups is 1. The van der Waals surface area contributed by atoms with Gasteiger partial charge in [0.15, 0.2) is 0 Å². The van der Waals surface area contributed by atoms with E-state index in [4.69, 9.17) is 9.47 Å². The van der Waals surface area contributed by atoms with Gasteiger partial charge in [0, 0.05) is 16.5 Å². The van der Waals surface area contributed by atoms with Gasteiger partial charge in [0.25, 0.3) is 0 Å². The Labute approximate surface area is 192 Å². The average molecular weight is 458 g/mol. The highest BCUT2D eigenvalue weighted by Gasteiger charge is 2.27. The van der Waals surface area contributed by atoms with Crippen molar-refractivity contribution in [1.29, 1.82) is 5.26 Å². The molecule has 1 aliphatic heterocycles. The molecule has 0 amide bonds. The van der Waals surface area contributed by atoms with E-state index in [0.29, 0.717) is 33.0 Å². The number of aliphatic carboxylic acids is 1. The van der Waals surface area contributed by atoms with Gasteiger partial charge in [-0.05, 0) is 29.8 Å². The van der Waals surface area contributed by atoms with E-state index in [0.717, 1.165) is 0 Å². The van der Waals surface area contributed by atoms with Crippen LogP contribution in [-0.4, -0.2) is 27.4 Å². The van der Waals surface area contributed by atoms with Crippen LogP contribution < -0.4 is 9.47 Å². The highest BCUT2D eigenvalue weighted by molar-refractivity contribution is 7.97. The van der Waals surface area contributed by atoms with Crippen LogP contribution in [0.3, 0.4) is 0 Å². The van der Waals surface area contributed by atoms with E-state index in [1.165, 1.54) is 5.41 Å². The minimum atomic E-state index is -1.41. The van der Waals surface area contributed by atoms with Crippen molar-refractivity contribution in [3.8, 4) is 28.8 Å². The zero-order valence-electron chi connectivity index (χ0n) is 17.5. The molecule has 1 aromatic heterocycles. The summed E-state index contributed by atoms with van der Waals surface area (Å²) >= 11 is 0. The Morgan fingerprint density at radius 3 is 2.45 bits per heavy atom. The molecule has 2 atom stereocenters. The zero-order chi connectivity index (χ0) is 23.4. The summed E-state index contributed by atoms with van der Waals surface area (Å²) in [6.45, 7) is 0. The van der Waals surface area contributed by atoms with E-state index < -0.39 is 22.9 Å². The molecule has 8 heteroatoms. The number of aromatic nitrogens is 1. The molecule has 164 valence electrons. The quantitative estimate of drug-likeness (QED) is 0.557. The summed E-state index contributed by atoms with van der Waals surface area (Å²) < 4.78 is 23.5. The van der Waals surface area contributed by atoms with Crippen LogP contribution in [0.5, 0.6) is 11.6 Å². The fraction of sp³-hybridized carbons (Fsp3) is 0.0800. The van der Waals surface area contributed by atoms with Crippen LogP contribution >= 0.6 is 0 Å². The Kier molecular flexibility index (Phi) is 6.33. The molecule has 0 bridgehead atoms. The van der Waals surface area contributed by atoms with Crippen LogP contribution in [0.1, 0.15) is 22.9 Å². The van der Waals surface area contributed by atoms with Crippen LogP contribution in [0.4, 0.5) is 0 Å². The van der Waals surface area contributed by atoms with Gasteiger partial charge in [-0.25, -0.2) is 14.0 Å². The number of ether oxygens (including phenoxy) is 2. The van der Waals surface area contributed by atoms with Gasteiger partial charge >= 0.3 is 5.97 Å². The third-order valence-corrected chi connectivity index (χ3v) is 6.16. The lowest BCUT2D eigenvalue weighted by molar-refractivity contribution is -0.145. The van der Waals surface area contributed by atoms with Crippen LogP contribution in [0, 0.1) is 11.3 Å². The molecule has 2 heterocycles. The summed E-state index contributed by atoms with van der Waals surface area (Å²) in [5.41, 5.74) is 1.95. The minimum Gasteiger partial charge on any atom is -0.497 e. The molecule has 0 radical (unpaired) electrons. The van der Waals surface area contributed by atoms with Gasteiger partial charge in [0.2, 0.25) is 12.0 Å². The molecule has 0 fully saturated rings. The number of benzene rings is 2. The minimum absolute atomic E-state index is 0.0726. The fourth-order valence-electron chi connectivity index (χ4n) is 3.37. The van der Waals surface area contributed by atoms with Gasteiger partial charge < -0.3 is 14.6 Å². The average Bonchev–Trinajstić information content (AvgIpc) is 3.28. The van der Waals surface area contributed by atoms with Crippen molar-refractivity contribution in [3.63, 3.8) is 0 Å². The Balaban J connectivity index is 1.88. The Bertz CT molecular complexity index is 1330. The topological polar surface area (TPSA) is 110 Å². The maximum atomic E-state index is 12.4. The van der Waals surface area contributed by atoms with Gasteiger partial charge in [-0.3, -0.25) is 0 Å². The maximum absolute atomic E-state index is 12.4. The van der Waals surface area contributed by atoms with Gasteiger partial charge in [0.1, 0.15) is 17.4 Å². The normalized spacial score (nSPS) is 15.4. The smallest absolute Gasteiger partial charge is 0.349 e. The Hall–Kier alpha value is -4.22. The number of nitrogens with zero attached hydrogens (tertiary/aromatic N) is 2. The largest absolute Gasteiger partial charge is 0.497 e. The molecular weight excluding hydrogens is 440 g/mol. The van der Waals surface area contributed by atoms with E-state index in [1.807, 2.05) is 0 Å². The number of allylic oxidation sites excluding steroid dienone is 2. The number of hydrogen-bond donors (Lipinski definition) is 1. The lowest BCUT2D eigenvalue weighted by atomic mass is 10.00. The highest BCUT2D eigenvalue weighted by atomic mass is 32.2. The van der Waals surface area contributed by atoms with Crippen molar-refractivity contribution in [2.75, 3.05) is 7.11 Å². The van der Waals surface area contributed by atoms with Crippen LogP contribution in [-0.2, 0) is 15.6 Å². The molecule has 7 nitrogen and oxygen atoms in total. The maximum Gasteiger partial charge on any atom is 0.349 e. The monoisotopic (exact) mass is 458 g/mol. The van der Waals surface area contributed by atoms with Crippen molar-refractivity contribution in [1.82, 2.24) is 4.98 Å². The van der Waals surface area contributed by atoms with Crippen molar-refractivity contribution < 1.29 is 23.6 Å². The van der Waals surface area contributed by atoms with Crippen molar-refractivity contribution in [2.45, 2.75) is 6.10 Å². The lowest BCUT2D eigenvalue weighted by Gasteiger charge is -2.18. The molecular formula is C25H18N2O5S. The molecule has 0 saturated carbocycles. The van der Waals surface area contributed by atoms with Gasteiger partial charge in [-0.15, -0.1) is 0 Å². The predicted molar refractivity (Wildman–Crippen MR) is 124 cm³/mol. The first kappa shape index (κ1) is 22.0. The predicted octanol–water partition coefficient (Wildman–Crippen LogP) is 4.45. The third-order valence-electron chi connectivity index (χ3n) is 4.97. The van der Waals surface area contributed by atoms with Crippen LogP contribution in [0.15, 0.2) is 78.2 Å². The molecule has 1 aliphatic rings. The first-order chi connectivity index (χ1) is 16.0. The fourth-order valence-corrected chi connectivity index (χ4v) is 4.26. The zero-order valence-corrected chi connectivity index (χ0v) is 18.3. The molecule has 0 spiro atoms. The number of carboxylic acid groups (broad SMARTS) is 1. The van der Waals surface area contributed by atoms with E-state index in [2.05, 4.69) is 11.1 Å². The van der Waals surface area contributed by atoms with Crippen molar-refractivity contribution in [3.05, 3.63) is 95.0 Å². The first-order valence-corrected chi connectivity index (χ1v) is 11.1. The van der Waals surface area contributed by atoms with E-state index in [-0.39, 0.29) is 11.4 Å². The van der Waals surface area contributed by atoms with E-state index in [9.17, 15) is 19.4 Å². The summed E-state index contributed by atoms with van der Waals surface area (Å²) in [6, 6.07) is 19.2. The number of hydrogen-bond acceptors (Lipinski definition) is 6.